The van der Waals surface area contributed by atoms with Crippen LogP contribution < -0.4 is 5.32 Å². The summed E-state index contributed by atoms with van der Waals surface area (Å²) in [5.41, 5.74) is -0.0583. The first-order valence-corrected chi connectivity index (χ1v) is 7.46. The van der Waals surface area contributed by atoms with Gasteiger partial charge in [-0.05, 0) is 30.1 Å². The maximum Gasteiger partial charge on any atom is 0.317 e. The Morgan fingerprint density at radius 2 is 1.75 bits per heavy atom. The van der Waals surface area contributed by atoms with Crippen LogP contribution in [0.5, 0.6) is 0 Å². The molecule has 0 aromatic carbocycles. The van der Waals surface area contributed by atoms with Crippen molar-refractivity contribution >= 4 is 12.0 Å². The van der Waals surface area contributed by atoms with Crippen LogP contribution in [0.3, 0.4) is 0 Å². The van der Waals surface area contributed by atoms with Gasteiger partial charge in [0.2, 0.25) is 0 Å². The SMILES string of the molecule is CC1CN(C(=O)NCCC(C)(C)CCC(=O)O)CC1C. The molecule has 1 rings (SSSR count). The van der Waals surface area contributed by atoms with Crippen LogP contribution in [0, 0.1) is 17.3 Å². The van der Waals surface area contributed by atoms with Crippen LogP contribution in [0.4, 0.5) is 4.79 Å². The molecule has 1 saturated heterocycles. The van der Waals surface area contributed by atoms with Gasteiger partial charge in [0.05, 0.1) is 0 Å². The zero-order valence-electron chi connectivity index (χ0n) is 13.1. The van der Waals surface area contributed by atoms with Crippen molar-refractivity contribution in [3.63, 3.8) is 0 Å². The van der Waals surface area contributed by atoms with Crippen molar-refractivity contribution in [1.82, 2.24) is 10.2 Å². The summed E-state index contributed by atoms with van der Waals surface area (Å²) in [6, 6.07) is 0.00948. The van der Waals surface area contributed by atoms with Gasteiger partial charge >= 0.3 is 12.0 Å². The number of rotatable bonds is 6. The van der Waals surface area contributed by atoms with Gasteiger partial charge in [0.25, 0.3) is 0 Å². The second kappa shape index (κ2) is 6.95. The van der Waals surface area contributed by atoms with E-state index in [-0.39, 0.29) is 17.9 Å². The van der Waals surface area contributed by atoms with Gasteiger partial charge in [-0.1, -0.05) is 27.7 Å². The fourth-order valence-corrected chi connectivity index (χ4v) is 2.49. The van der Waals surface area contributed by atoms with Crippen LogP contribution in [0.15, 0.2) is 0 Å². The van der Waals surface area contributed by atoms with E-state index in [9.17, 15) is 9.59 Å². The van der Waals surface area contributed by atoms with E-state index < -0.39 is 5.97 Å². The Balaban J connectivity index is 2.26. The number of carbonyl (C=O) groups excluding carboxylic acids is 1. The summed E-state index contributed by atoms with van der Waals surface area (Å²) in [5.74, 6) is 0.364. The third-order valence-electron chi connectivity index (χ3n) is 4.37. The first kappa shape index (κ1) is 16.8. The Morgan fingerprint density at radius 3 is 2.25 bits per heavy atom. The number of likely N-dealkylation sites (tertiary alicyclic amines) is 1. The summed E-state index contributed by atoms with van der Waals surface area (Å²) in [4.78, 5) is 24.5. The Kier molecular flexibility index (Phi) is 5.84. The van der Waals surface area contributed by atoms with Crippen LogP contribution in [-0.2, 0) is 4.79 Å². The number of hydrogen-bond acceptors (Lipinski definition) is 2. The molecule has 2 N–H and O–H groups in total. The molecule has 0 aromatic heterocycles. The number of carboxylic acid groups (broad SMARTS) is 1. The lowest BCUT2D eigenvalue weighted by Gasteiger charge is -2.25. The van der Waals surface area contributed by atoms with Crippen molar-refractivity contribution in [3.05, 3.63) is 0 Å². The second-order valence-corrected chi connectivity index (χ2v) is 6.90. The normalized spacial score (nSPS) is 22.9. The van der Waals surface area contributed by atoms with E-state index in [1.165, 1.54) is 0 Å². The standard InChI is InChI=1S/C15H28N2O3/c1-11-9-17(10-12(11)2)14(20)16-8-7-15(3,4)6-5-13(18)19/h11-12H,5-10H2,1-4H3,(H,16,20)(H,18,19). The lowest BCUT2D eigenvalue weighted by Crippen LogP contribution is -2.40. The summed E-state index contributed by atoms with van der Waals surface area (Å²) < 4.78 is 0. The second-order valence-electron chi connectivity index (χ2n) is 6.90. The molecule has 1 aliphatic heterocycles. The fraction of sp³-hybridized carbons (Fsp3) is 0.867. The number of aliphatic carboxylic acids is 1. The molecule has 20 heavy (non-hydrogen) atoms. The molecule has 0 aliphatic carbocycles. The largest absolute Gasteiger partial charge is 0.481 e. The molecule has 2 atom stereocenters. The van der Waals surface area contributed by atoms with E-state index in [0.717, 1.165) is 19.5 Å². The fourth-order valence-electron chi connectivity index (χ4n) is 2.49. The number of carboxylic acids is 1. The highest BCUT2D eigenvalue weighted by Crippen LogP contribution is 2.26. The average Bonchev–Trinajstić information content (AvgIpc) is 2.67. The highest BCUT2D eigenvalue weighted by Gasteiger charge is 2.29. The van der Waals surface area contributed by atoms with E-state index in [1.54, 1.807) is 0 Å². The molecule has 0 radical (unpaired) electrons. The highest BCUT2D eigenvalue weighted by atomic mass is 16.4. The maximum absolute atomic E-state index is 12.0. The molecule has 0 spiro atoms. The predicted octanol–water partition coefficient (Wildman–Crippen LogP) is 2.56. The quantitative estimate of drug-likeness (QED) is 0.787. The molecule has 0 aromatic rings. The topological polar surface area (TPSA) is 69.6 Å². The van der Waals surface area contributed by atoms with E-state index >= 15 is 0 Å². The van der Waals surface area contributed by atoms with E-state index in [4.69, 9.17) is 5.11 Å². The Bertz CT molecular complexity index is 345. The van der Waals surface area contributed by atoms with Crippen LogP contribution in [0.1, 0.15) is 47.0 Å². The molecule has 0 saturated carbocycles. The molecule has 1 heterocycles. The predicted molar refractivity (Wildman–Crippen MR) is 78.6 cm³/mol. The third kappa shape index (κ3) is 5.39. The van der Waals surface area contributed by atoms with Gasteiger partial charge in [0.1, 0.15) is 0 Å². The molecule has 2 unspecified atom stereocenters. The summed E-state index contributed by atoms with van der Waals surface area (Å²) in [6.07, 6.45) is 1.61. The average molecular weight is 284 g/mol. The molecule has 2 amide bonds. The van der Waals surface area contributed by atoms with Crippen molar-refractivity contribution in [2.75, 3.05) is 19.6 Å². The van der Waals surface area contributed by atoms with Crippen molar-refractivity contribution < 1.29 is 14.7 Å². The Morgan fingerprint density at radius 1 is 1.20 bits per heavy atom. The molecule has 116 valence electrons. The van der Waals surface area contributed by atoms with Crippen molar-refractivity contribution in [3.8, 4) is 0 Å². The minimum atomic E-state index is -0.762. The zero-order valence-corrected chi connectivity index (χ0v) is 13.1. The molecule has 1 fully saturated rings. The van der Waals surface area contributed by atoms with Gasteiger partial charge in [-0.2, -0.15) is 0 Å². The summed E-state index contributed by atoms with van der Waals surface area (Å²) in [5, 5.41) is 11.7. The Hall–Kier alpha value is -1.26. The van der Waals surface area contributed by atoms with Crippen LogP contribution >= 0.6 is 0 Å². The van der Waals surface area contributed by atoms with Gasteiger partial charge in [-0.25, -0.2) is 4.79 Å². The lowest BCUT2D eigenvalue weighted by molar-refractivity contribution is -0.137. The number of urea groups is 1. The summed E-state index contributed by atoms with van der Waals surface area (Å²) >= 11 is 0. The number of nitrogens with zero attached hydrogens (tertiary/aromatic N) is 1. The number of carbonyl (C=O) groups is 2. The van der Waals surface area contributed by atoms with Crippen molar-refractivity contribution in [1.29, 1.82) is 0 Å². The van der Waals surface area contributed by atoms with Gasteiger partial charge < -0.3 is 15.3 Å². The first-order chi connectivity index (χ1) is 9.21. The van der Waals surface area contributed by atoms with Crippen LogP contribution in [0.2, 0.25) is 0 Å². The molecule has 5 nitrogen and oxygen atoms in total. The van der Waals surface area contributed by atoms with Gasteiger partial charge in [0, 0.05) is 26.1 Å². The minimum Gasteiger partial charge on any atom is -0.481 e. The summed E-state index contributed by atoms with van der Waals surface area (Å²) in [7, 11) is 0. The zero-order chi connectivity index (χ0) is 15.3. The van der Waals surface area contributed by atoms with Crippen LogP contribution in [-0.4, -0.2) is 41.6 Å². The number of hydrogen-bond donors (Lipinski definition) is 2. The molecular weight excluding hydrogens is 256 g/mol. The highest BCUT2D eigenvalue weighted by molar-refractivity contribution is 5.74. The molecule has 5 heteroatoms. The number of nitrogens with one attached hydrogen (secondary N) is 1. The third-order valence-corrected chi connectivity index (χ3v) is 4.37. The van der Waals surface area contributed by atoms with E-state index in [1.807, 2.05) is 18.7 Å². The van der Waals surface area contributed by atoms with Gasteiger partial charge in [-0.15, -0.1) is 0 Å². The molecule has 1 aliphatic rings. The lowest BCUT2D eigenvalue weighted by atomic mass is 9.84. The van der Waals surface area contributed by atoms with Gasteiger partial charge in [0.15, 0.2) is 0 Å². The molecular formula is C15H28N2O3. The minimum absolute atomic E-state index is 0.00948. The first-order valence-electron chi connectivity index (χ1n) is 7.46. The monoisotopic (exact) mass is 284 g/mol. The van der Waals surface area contributed by atoms with E-state index in [0.29, 0.717) is 24.8 Å². The smallest absolute Gasteiger partial charge is 0.317 e. The summed E-state index contributed by atoms with van der Waals surface area (Å²) in [6.45, 7) is 10.7. The van der Waals surface area contributed by atoms with Crippen LogP contribution in [0.25, 0.3) is 0 Å². The van der Waals surface area contributed by atoms with E-state index in [2.05, 4.69) is 19.2 Å². The van der Waals surface area contributed by atoms with Crippen molar-refractivity contribution in [2.45, 2.75) is 47.0 Å². The maximum atomic E-state index is 12.0. The number of amides is 2. The molecule has 0 bridgehead atoms. The Labute approximate surface area is 121 Å². The van der Waals surface area contributed by atoms with Gasteiger partial charge in [-0.3, -0.25) is 4.79 Å². The van der Waals surface area contributed by atoms with Crippen molar-refractivity contribution in [2.24, 2.45) is 17.3 Å².